The summed E-state index contributed by atoms with van der Waals surface area (Å²) in [6.07, 6.45) is 18.2. The van der Waals surface area contributed by atoms with E-state index in [1.54, 1.807) is 0 Å². The number of allylic oxidation sites excluding steroid dienone is 5. The average molecular weight is 439 g/mol. The first-order valence-electron chi connectivity index (χ1n) is 12.9. The van der Waals surface area contributed by atoms with Gasteiger partial charge < -0.3 is 9.84 Å². The van der Waals surface area contributed by atoms with Gasteiger partial charge in [-0.1, -0.05) is 70.6 Å². The highest BCUT2D eigenvalue weighted by atomic mass is 16.5. The second-order valence-electron chi connectivity index (χ2n) is 12.6. The smallest absolute Gasteiger partial charge is 0.0961 e. The minimum Gasteiger partial charge on any atom is -0.392 e. The van der Waals surface area contributed by atoms with Gasteiger partial charge in [-0.25, -0.2) is 0 Å². The fourth-order valence-corrected chi connectivity index (χ4v) is 8.33. The Balaban J connectivity index is 1.72. The molecule has 7 atom stereocenters. The summed E-state index contributed by atoms with van der Waals surface area (Å²) in [4.78, 5) is 0. The fourth-order valence-electron chi connectivity index (χ4n) is 8.33. The zero-order valence-corrected chi connectivity index (χ0v) is 21.8. The van der Waals surface area contributed by atoms with E-state index in [0.29, 0.717) is 23.2 Å². The van der Waals surface area contributed by atoms with Crippen LogP contribution in [-0.4, -0.2) is 23.9 Å². The molecule has 2 nitrogen and oxygen atoms in total. The third-order valence-electron chi connectivity index (χ3n) is 10.6. The maximum Gasteiger partial charge on any atom is 0.0961 e. The third-order valence-corrected chi connectivity index (χ3v) is 10.6. The molecule has 0 heterocycles. The van der Waals surface area contributed by atoms with Gasteiger partial charge in [0, 0.05) is 18.4 Å². The van der Waals surface area contributed by atoms with Crippen molar-refractivity contribution in [2.75, 3.05) is 7.11 Å². The van der Waals surface area contributed by atoms with E-state index >= 15 is 0 Å². The Morgan fingerprint density at radius 3 is 2.47 bits per heavy atom. The second-order valence-corrected chi connectivity index (χ2v) is 12.6. The molecule has 0 amide bonds. The Morgan fingerprint density at radius 2 is 1.81 bits per heavy atom. The third kappa shape index (κ3) is 3.19. The van der Waals surface area contributed by atoms with Crippen LogP contribution in [0, 0.1) is 34.0 Å². The van der Waals surface area contributed by atoms with Gasteiger partial charge in [0.05, 0.1) is 11.7 Å². The maximum absolute atomic E-state index is 10.8. The number of rotatable bonds is 4. The zero-order valence-electron chi connectivity index (χ0n) is 21.8. The zero-order chi connectivity index (χ0) is 23.5. The summed E-state index contributed by atoms with van der Waals surface area (Å²) in [6.45, 7) is 16.3. The molecule has 0 aromatic carbocycles. The Bertz CT molecular complexity index is 869. The van der Waals surface area contributed by atoms with Gasteiger partial charge in [-0.3, -0.25) is 0 Å². The van der Waals surface area contributed by atoms with E-state index in [0.717, 1.165) is 19.3 Å². The number of fused-ring (bicyclic) bond motifs is 4. The Morgan fingerprint density at radius 1 is 1.09 bits per heavy atom. The summed E-state index contributed by atoms with van der Waals surface area (Å²) in [5, 5.41) is 10.8. The SMILES string of the molecule is CO[C@@]12CC[C@]3(C)[C@@H]([C@H](C)/C=C/C=C(C)C)CC[C@@]3(C)[C@@H]1C=CC1=C2CC[C@H](O)C1(C)C. The van der Waals surface area contributed by atoms with Gasteiger partial charge in [0.2, 0.25) is 0 Å². The van der Waals surface area contributed by atoms with Gasteiger partial charge in [-0.05, 0) is 86.2 Å². The van der Waals surface area contributed by atoms with Crippen molar-refractivity contribution in [1.29, 1.82) is 0 Å². The molecule has 4 rings (SSSR count). The van der Waals surface area contributed by atoms with Gasteiger partial charge in [0.1, 0.15) is 0 Å². The van der Waals surface area contributed by atoms with Crippen LogP contribution in [0.4, 0.5) is 0 Å². The summed E-state index contributed by atoms with van der Waals surface area (Å²) >= 11 is 0. The van der Waals surface area contributed by atoms with Crippen LogP contribution in [-0.2, 0) is 4.74 Å². The molecule has 4 aliphatic rings. The Kier molecular flexibility index (Phi) is 5.99. The minimum atomic E-state index is -0.273. The first kappa shape index (κ1) is 24.0. The molecule has 1 N–H and O–H groups in total. The molecule has 178 valence electrons. The maximum atomic E-state index is 10.8. The van der Waals surface area contributed by atoms with Crippen LogP contribution in [0.5, 0.6) is 0 Å². The van der Waals surface area contributed by atoms with Crippen molar-refractivity contribution in [2.24, 2.45) is 34.0 Å². The number of aliphatic hydroxyl groups is 1. The first-order chi connectivity index (χ1) is 14.9. The number of methoxy groups -OCH3 is 1. The van der Waals surface area contributed by atoms with Crippen LogP contribution in [0.25, 0.3) is 0 Å². The number of ether oxygens (including phenoxy) is 1. The van der Waals surface area contributed by atoms with Crippen LogP contribution in [0.1, 0.15) is 87.0 Å². The molecule has 2 saturated carbocycles. The topological polar surface area (TPSA) is 29.5 Å². The highest BCUT2D eigenvalue weighted by Gasteiger charge is 2.67. The van der Waals surface area contributed by atoms with E-state index < -0.39 is 0 Å². The molecule has 0 aromatic heterocycles. The lowest BCUT2D eigenvalue weighted by Crippen LogP contribution is -2.60. The van der Waals surface area contributed by atoms with Crippen molar-refractivity contribution in [2.45, 2.75) is 98.7 Å². The molecule has 4 aliphatic carbocycles. The van der Waals surface area contributed by atoms with Crippen LogP contribution >= 0.6 is 0 Å². The van der Waals surface area contributed by atoms with Crippen molar-refractivity contribution in [3.63, 3.8) is 0 Å². The molecule has 0 aliphatic heterocycles. The molecule has 0 aromatic rings. The van der Waals surface area contributed by atoms with E-state index in [2.05, 4.69) is 78.8 Å². The number of hydrogen-bond donors (Lipinski definition) is 1. The standard InChI is InChI=1S/C30H46O2/c1-20(2)10-9-11-21(3)22-16-17-29(7)25-14-12-23-24(13-15-26(31)27(23,4)5)30(25,32-8)19-18-28(22,29)6/h9-12,14,21-22,25-26,31H,13,15-19H2,1-8H3/b11-9+/t21-,22-,25+,26+,28-,29+,30-/m1/s1. The summed E-state index contributed by atoms with van der Waals surface area (Å²) in [6, 6.07) is 0. The normalized spacial score (nSPS) is 43.6. The van der Waals surface area contributed by atoms with Gasteiger partial charge in [-0.2, -0.15) is 0 Å². The molecule has 0 spiro atoms. The van der Waals surface area contributed by atoms with Crippen molar-refractivity contribution in [3.8, 4) is 0 Å². The van der Waals surface area contributed by atoms with Crippen molar-refractivity contribution in [3.05, 3.63) is 47.1 Å². The van der Waals surface area contributed by atoms with Crippen molar-refractivity contribution >= 4 is 0 Å². The summed E-state index contributed by atoms with van der Waals surface area (Å²) < 4.78 is 6.57. The molecule has 0 saturated heterocycles. The molecule has 2 heteroatoms. The first-order valence-corrected chi connectivity index (χ1v) is 12.9. The van der Waals surface area contributed by atoms with E-state index in [-0.39, 0.29) is 22.5 Å². The predicted octanol–water partition coefficient (Wildman–Crippen LogP) is 7.41. The second kappa shape index (κ2) is 7.98. The molecule has 32 heavy (non-hydrogen) atoms. The lowest BCUT2D eigenvalue weighted by atomic mass is 9.44. The minimum absolute atomic E-state index is 0.203. The van der Waals surface area contributed by atoms with Gasteiger partial charge in [0.25, 0.3) is 0 Å². The summed E-state index contributed by atoms with van der Waals surface area (Å²) in [5.74, 6) is 1.69. The Labute approximate surface area is 196 Å². The lowest BCUT2D eigenvalue weighted by Gasteiger charge is -2.62. The Hall–Kier alpha value is -1.12. The van der Waals surface area contributed by atoms with E-state index in [1.165, 1.54) is 36.0 Å². The molecular formula is C30H46O2. The van der Waals surface area contributed by atoms with Crippen LogP contribution in [0.2, 0.25) is 0 Å². The van der Waals surface area contributed by atoms with E-state index in [1.807, 2.05) is 7.11 Å². The molecular weight excluding hydrogens is 392 g/mol. The summed E-state index contributed by atoms with van der Waals surface area (Å²) in [5.41, 5.74) is 4.31. The average Bonchev–Trinajstić information content (AvgIpc) is 3.01. The summed E-state index contributed by atoms with van der Waals surface area (Å²) in [7, 11) is 1.94. The monoisotopic (exact) mass is 438 g/mol. The molecule has 0 radical (unpaired) electrons. The molecule has 2 fully saturated rings. The largest absolute Gasteiger partial charge is 0.392 e. The van der Waals surface area contributed by atoms with Crippen LogP contribution in [0.15, 0.2) is 47.1 Å². The van der Waals surface area contributed by atoms with Gasteiger partial charge in [0.15, 0.2) is 0 Å². The van der Waals surface area contributed by atoms with E-state index in [4.69, 9.17) is 4.74 Å². The molecule has 0 bridgehead atoms. The quantitative estimate of drug-likeness (QED) is 0.463. The van der Waals surface area contributed by atoms with Gasteiger partial charge >= 0.3 is 0 Å². The van der Waals surface area contributed by atoms with Gasteiger partial charge in [-0.15, -0.1) is 0 Å². The van der Waals surface area contributed by atoms with Crippen molar-refractivity contribution in [1.82, 2.24) is 0 Å². The van der Waals surface area contributed by atoms with Crippen LogP contribution in [0.3, 0.4) is 0 Å². The number of hydrogen-bond acceptors (Lipinski definition) is 2. The van der Waals surface area contributed by atoms with Crippen molar-refractivity contribution < 1.29 is 9.84 Å². The fraction of sp³-hybridized carbons (Fsp3) is 0.733. The number of aliphatic hydroxyl groups excluding tert-OH is 1. The highest BCUT2D eigenvalue weighted by Crippen LogP contribution is 2.72. The lowest BCUT2D eigenvalue weighted by molar-refractivity contribution is -0.150. The highest BCUT2D eigenvalue weighted by molar-refractivity contribution is 5.47. The van der Waals surface area contributed by atoms with E-state index in [9.17, 15) is 5.11 Å². The predicted molar refractivity (Wildman–Crippen MR) is 134 cm³/mol. The molecule has 0 unspecified atom stereocenters. The van der Waals surface area contributed by atoms with Crippen LogP contribution < -0.4 is 0 Å².